The molecular formula is C31H33N5O4. The summed E-state index contributed by atoms with van der Waals surface area (Å²) >= 11 is 0. The Labute approximate surface area is 233 Å². The van der Waals surface area contributed by atoms with Crippen LogP contribution in [0.15, 0.2) is 42.7 Å². The van der Waals surface area contributed by atoms with Gasteiger partial charge in [-0.15, -0.1) is 0 Å². The van der Waals surface area contributed by atoms with Gasteiger partial charge >= 0.3 is 0 Å². The quantitative estimate of drug-likeness (QED) is 0.490. The van der Waals surface area contributed by atoms with Crippen molar-refractivity contribution in [2.45, 2.75) is 51.2 Å². The first-order valence-electron chi connectivity index (χ1n) is 14.0. The molecule has 0 spiro atoms. The number of amides is 2. The van der Waals surface area contributed by atoms with Crippen LogP contribution in [0.3, 0.4) is 0 Å². The molecule has 40 heavy (non-hydrogen) atoms. The number of aromatic amines is 1. The number of benzene rings is 1. The van der Waals surface area contributed by atoms with E-state index in [1.165, 1.54) is 12.5 Å². The number of aromatic nitrogens is 2. The van der Waals surface area contributed by atoms with Gasteiger partial charge in [-0.05, 0) is 61.1 Å². The number of hydrogen-bond acceptors (Lipinski definition) is 6. The highest BCUT2D eigenvalue weighted by Gasteiger charge is 2.34. The Bertz CT molecular complexity index is 1520. The topological polar surface area (TPSA) is 123 Å². The summed E-state index contributed by atoms with van der Waals surface area (Å²) in [4.78, 5) is 36.0. The molecule has 1 aliphatic carbocycles. The Morgan fingerprint density at radius 2 is 1.93 bits per heavy atom. The molecule has 9 heteroatoms. The minimum atomic E-state index is -1.00. The summed E-state index contributed by atoms with van der Waals surface area (Å²) in [5.74, 6) is 0.796. The zero-order valence-electron chi connectivity index (χ0n) is 22.6. The normalized spacial score (nSPS) is 18.8. The highest BCUT2D eigenvalue weighted by molar-refractivity contribution is 5.95. The molecule has 0 bridgehead atoms. The van der Waals surface area contributed by atoms with E-state index >= 15 is 0 Å². The van der Waals surface area contributed by atoms with Crippen molar-refractivity contribution in [1.29, 1.82) is 5.26 Å². The number of likely N-dealkylation sites (tertiary alicyclic amines) is 1. The largest absolute Gasteiger partial charge is 0.489 e. The van der Waals surface area contributed by atoms with Gasteiger partial charge in [0, 0.05) is 68.3 Å². The summed E-state index contributed by atoms with van der Waals surface area (Å²) in [5.41, 5.74) is 5.33. The third-order valence-electron chi connectivity index (χ3n) is 8.16. The SMILES string of the molecule is C[C@H](O)C(=O)N1CCC(Oc2ccc(-c3c[nH]c4ncc(C5=CCN(C(=O)C6CC6)CC5)cc34)cc2C#N)CC1. The molecule has 2 N–H and O–H groups in total. The van der Waals surface area contributed by atoms with Gasteiger partial charge in [-0.2, -0.15) is 5.26 Å². The number of piperidine rings is 1. The number of H-pyrrole nitrogens is 1. The number of fused-ring (bicyclic) bond motifs is 1. The second-order valence-corrected chi connectivity index (χ2v) is 11.0. The summed E-state index contributed by atoms with van der Waals surface area (Å²) in [5, 5.41) is 20.4. The zero-order valence-corrected chi connectivity index (χ0v) is 22.6. The van der Waals surface area contributed by atoms with Crippen molar-refractivity contribution in [3.63, 3.8) is 0 Å². The molecule has 6 rings (SSSR count). The van der Waals surface area contributed by atoms with Gasteiger partial charge in [-0.25, -0.2) is 4.98 Å². The third-order valence-corrected chi connectivity index (χ3v) is 8.16. The van der Waals surface area contributed by atoms with E-state index in [-0.39, 0.29) is 23.8 Å². The highest BCUT2D eigenvalue weighted by atomic mass is 16.5. The molecule has 3 aliphatic rings. The smallest absolute Gasteiger partial charge is 0.251 e. The molecule has 2 amide bonds. The zero-order chi connectivity index (χ0) is 27.8. The summed E-state index contributed by atoms with van der Waals surface area (Å²) in [6.07, 6.45) is 8.98. The number of aliphatic hydroxyl groups is 1. The fraction of sp³-hybridized carbons (Fsp3) is 0.419. The maximum Gasteiger partial charge on any atom is 0.251 e. The number of nitrogens with zero attached hydrogens (tertiary/aromatic N) is 4. The number of carbonyl (C=O) groups is 2. The van der Waals surface area contributed by atoms with Crippen LogP contribution in [0.4, 0.5) is 0 Å². The van der Waals surface area contributed by atoms with E-state index in [0.717, 1.165) is 53.5 Å². The van der Waals surface area contributed by atoms with Crippen molar-refractivity contribution >= 4 is 28.4 Å². The number of pyridine rings is 1. The third kappa shape index (κ3) is 5.19. The van der Waals surface area contributed by atoms with Gasteiger partial charge in [-0.1, -0.05) is 12.1 Å². The van der Waals surface area contributed by atoms with Gasteiger partial charge in [0.25, 0.3) is 5.91 Å². The minimum Gasteiger partial charge on any atom is -0.489 e. The van der Waals surface area contributed by atoms with Crippen molar-refractivity contribution in [3.8, 4) is 22.9 Å². The number of nitrogens with one attached hydrogen (secondary N) is 1. The van der Waals surface area contributed by atoms with Crippen LogP contribution < -0.4 is 4.74 Å². The van der Waals surface area contributed by atoms with Gasteiger partial charge in [0.1, 0.15) is 29.7 Å². The van der Waals surface area contributed by atoms with Crippen molar-refractivity contribution in [2.24, 2.45) is 5.92 Å². The highest BCUT2D eigenvalue weighted by Crippen LogP contribution is 2.35. The Morgan fingerprint density at radius 1 is 1.12 bits per heavy atom. The molecule has 2 fully saturated rings. The van der Waals surface area contributed by atoms with Crippen LogP contribution in [0, 0.1) is 17.2 Å². The lowest BCUT2D eigenvalue weighted by Gasteiger charge is -2.33. The standard InChI is InChI=1S/C31H33N5O4/c1-19(37)30(38)35-12-8-25(9-13-35)40-28-5-4-22(14-23(28)16-32)27-18-34-29-26(27)15-24(17-33-29)20-6-10-36(11-7-20)31(39)21-2-3-21/h4-6,14-15,17-19,21,25,37H,2-3,7-13H2,1H3,(H,33,34)/t19-/m0/s1. The van der Waals surface area contributed by atoms with E-state index in [4.69, 9.17) is 4.74 Å². The monoisotopic (exact) mass is 539 g/mol. The molecule has 2 aliphatic heterocycles. The first kappa shape index (κ1) is 26.1. The van der Waals surface area contributed by atoms with E-state index in [1.807, 2.05) is 35.5 Å². The van der Waals surface area contributed by atoms with Crippen molar-refractivity contribution in [1.82, 2.24) is 19.8 Å². The second-order valence-electron chi connectivity index (χ2n) is 11.0. The molecule has 4 heterocycles. The van der Waals surface area contributed by atoms with Gasteiger partial charge in [0.2, 0.25) is 5.91 Å². The predicted molar refractivity (Wildman–Crippen MR) is 150 cm³/mol. The lowest BCUT2D eigenvalue weighted by molar-refractivity contribution is -0.141. The van der Waals surface area contributed by atoms with Crippen LogP contribution in [0.2, 0.25) is 0 Å². The maximum absolute atomic E-state index is 12.4. The van der Waals surface area contributed by atoms with E-state index in [0.29, 0.717) is 43.8 Å². The summed E-state index contributed by atoms with van der Waals surface area (Å²) in [7, 11) is 0. The van der Waals surface area contributed by atoms with E-state index in [1.54, 1.807) is 4.90 Å². The van der Waals surface area contributed by atoms with Crippen LogP contribution in [-0.4, -0.2) is 75.1 Å². The van der Waals surface area contributed by atoms with Crippen LogP contribution in [-0.2, 0) is 9.59 Å². The van der Waals surface area contributed by atoms with Crippen molar-refractivity contribution in [2.75, 3.05) is 26.2 Å². The van der Waals surface area contributed by atoms with Gasteiger partial charge in [0.05, 0.1) is 5.56 Å². The first-order chi connectivity index (χ1) is 19.4. The molecule has 206 valence electrons. The Kier molecular flexibility index (Phi) is 7.03. The fourth-order valence-corrected chi connectivity index (χ4v) is 5.66. The Morgan fingerprint density at radius 3 is 2.60 bits per heavy atom. The molecule has 1 atom stereocenters. The molecule has 1 saturated carbocycles. The molecule has 3 aromatic rings. The van der Waals surface area contributed by atoms with Gasteiger partial charge in [-0.3, -0.25) is 9.59 Å². The number of nitriles is 1. The molecule has 0 unspecified atom stereocenters. The average molecular weight is 540 g/mol. The van der Waals surface area contributed by atoms with Gasteiger partial charge < -0.3 is 24.6 Å². The minimum absolute atomic E-state index is 0.102. The fourth-order valence-electron chi connectivity index (χ4n) is 5.66. The summed E-state index contributed by atoms with van der Waals surface area (Å²) in [6.45, 7) is 3.90. The molecule has 1 saturated heterocycles. The Balaban J connectivity index is 1.18. The molecular weight excluding hydrogens is 506 g/mol. The number of carbonyl (C=O) groups excluding carboxylic acids is 2. The van der Waals surface area contributed by atoms with Crippen LogP contribution in [0.1, 0.15) is 50.2 Å². The lowest BCUT2D eigenvalue weighted by atomic mass is 9.97. The van der Waals surface area contributed by atoms with Crippen molar-refractivity contribution < 1.29 is 19.4 Å². The van der Waals surface area contributed by atoms with E-state index < -0.39 is 6.10 Å². The van der Waals surface area contributed by atoms with Gasteiger partial charge in [0.15, 0.2) is 0 Å². The average Bonchev–Trinajstić information content (AvgIpc) is 3.76. The van der Waals surface area contributed by atoms with E-state index in [9.17, 15) is 20.0 Å². The summed E-state index contributed by atoms with van der Waals surface area (Å²) in [6, 6.07) is 10.1. The predicted octanol–water partition coefficient (Wildman–Crippen LogP) is 3.88. The number of rotatable bonds is 6. The van der Waals surface area contributed by atoms with Crippen molar-refractivity contribution in [3.05, 3.63) is 53.9 Å². The molecule has 9 nitrogen and oxygen atoms in total. The summed E-state index contributed by atoms with van der Waals surface area (Å²) < 4.78 is 6.19. The second kappa shape index (κ2) is 10.8. The van der Waals surface area contributed by atoms with Crippen LogP contribution >= 0.6 is 0 Å². The van der Waals surface area contributed by atoms with Crippen LogP contribution in [0.25, 0.3) is 27.7 Å². The van der Waals surface area contributed by atoms with Crippen LogP contribution in [0.5, 0.6) is 5.75 Å². The Hall–Kier alpha value is -4.16. The first-order valence-corrected chi connectivity index (χ1v) is 14.0. The number of aliphatic hydroxyl groups excluding tert-OH is 1. The number of hydrogen-bond donors (Lipinski definition) is 2. The molecule has 0 radical (unpaired) electrons. The molecule has 1 aromatic carbocycles. The van der Waals surface area contributed by atoms with E-state index in [2.05, 4.69) is 28.2 Å². The lowest BCUT2D eigenvalue weighted by Crippen LogP contribution is -2.45. The maximum atomic E-state index is 12.4. The number of ether oxygens (including phenoxy) is 1. The molecule has 2 aromatic heterocycles.